The van der Waals surface area contributed by atoms with Gasteiger partial charge in [0.2, 0.25) is 0 Å². The summed E-state index contributed by atoms with van der Waals surface area (Å²) in [5, 5.41) is 10.1. The third kappa shape index (κ3) is 2.78. The lowest BCUT2D eigenvalue weighted by Gasteiger charge is -2.17. The van der Waals surface area contributed by atoms with Crippen molar-refractivity contribution in [1.29, 1.82) is 0 Å². The van der Waals surface area contributed by atoms with Crippen molar-refractivity contribution in [1.82, 2.24) is 4.98 Å². The normalized spacial score (nSPS) is 11.0. The predicted molar refractivity (Wildman–Crippen MR) is 95.6 cm³/mol. The van der Waals surface area contributed by atoms with Crippen LogP contribution in [0.15, 0.2) is 54.9 Å². The summed E-state index contributed by atoms with van der Waals surface area (Å²) >= 11 is 0. The van der Waals surface area contributed by atoms with Gasteiger partial charge in [0.15, 0.2) is 0 Å². The first-order valence-corrected chi connectivity index (χ1v) is 8.02. The molecule has 1 N–H and O–H groups in total. The topological polar surface area (TPSA) is 33.1 Å². The number of phenolic OH excluding ortho intramolecular Hbond substituents is 1. The maximum absolute atomic E-state index is 14.3. The zero-order chi connectivity index (χ0) is 17.3. The Morgan fingerprint density at radius 2 is 1.62 bits per heavy atom. The molecule has 0 bridgehead atoms. The van der Waals surface area contributed by atoms with Gasteiger partial charge in [0.25, 0.3) is 0 Å². The molecule has 24 heavy (non-hydrogen) atoms. The molecule has 0 saturated heterocycles. The molecule has 122 valence electrons. The first kappa shape index (κ1) is 16.2. The average Bonchev–Trinajstić information content (AvgIpc) is 2.56. The minimum Gasteiger partial charge on any atom is -0.507 e. The third-order valence-electron chi connectivity index (χ3n) is 4.35. The van der Waals surface area contributed by atoms with Gasteiger partial charge in [-0.3, -0.25) is 4.98 Å². The summed E-state index contributed by atoms with van der Waals surface area (Å²) < 4.78 is 14.3. The Morgan fingerprint density at radius 3 is 2.33 bits per heavy atom. The highest BCUT2D eigenvalue weighted by Crippen LogP contribution is 2.38. The van der Waals surface area contributed by atoms with Gasteiger partial charge in [-0.15, -0.1) is 0 Å². The maximum Gasteiger partial charge on any atom is 0.134 e. The molecular formula is C21H20FNO. The summed E-state index contributed by atoms with van der Waals surface area (Å²) in [4.78, 5) is 4.30. The SMILES string of the molecule is Cc1c(-c2ccccc2C(C)C)cncc1-c1c(O)cccc1F. The summed E-state index contributed by atoms with van der Waals surface area (Å²) in [7, 11) is 0. The van der Waals surface area contributed by atoms with Crippen molar-refractivity contribution >= 4 is 0 Å². The molecule has 2 aromatic carbocycles. The van der Waals surface area contributed by atoms with Gasteiger partial charge < -0.3 is 5.11 Å². The molecule has 0 aliphatic rings. The molecule has 3 heteroatoms. The fraction of sp³-hybridized carbons (Fsp3) is 0.190. The lowest BCUT2D eigenvalue weighted by molar-refractivity contribution is 0.472. The van der Waals surface area contributed by atoms with Crippen LogP contribution in [0.25, 0.3) is 22.3 Å². The Kier molecular flexibility index (Phi) is 4.34. The summed E-state index contributed by atoms with van der Waals surface area (Å²) in [6, 6.07) is 12.5. The van der Waals surface area contributed by atoms with Crippen molar-refractivity contribution in [3.05, 3.63) is 71.8 Å². The summed E-state index contributed by atoms with van der Waals surface area (Å²) in [6.45, 7) is 6.23. The molecular weight excluding hydrogens is 301 g/mol. The molecule has 0 fully saturated rings. The fourth-order valence-electron chi connectivity index (χ4n) is 3.07. The number of nitrogens with zero attached hydrogens (tertiary/aromatic N) is 1. The van der Waals surface area contributed by atoms with Crippen LogP contribution in [0.4, 0.5) is 4.39 Å². The quantitative estimate of drug-likeness (QED) is 0.672. The van der Waals surface area contributed by atoms with Crippen LogP contribution >= 0.6 is 0 Å². The van der Waals surface area contributed by atoms with Crippen molar-refractivity contribution in [3.8, 4) is 28.0 Å². The molecule has 0 atom stereocenters. The minimum absolute atomic E-state index is 0.0748. The van der Waals surface area contributed by atoms with Crippen LogP contribution in [0.1, 0.15) is 30.9 Å². The van der Waals surface area contributed by atoms with Gasteiger partial charge in [0.05, 0.1) is 5.56 Å². The lowest BCUT2D eigenvalue weighted by Crippen LogP contribution is -1.97. The van der Waals surface area contributed by atoms with Gasteiger partial charge in [-0.05, 0) is 41.7 Å². The van der Waals surface area contributed by atoms with Crippen LogP contribution in [-0.4, -0.2) is 10.1 Å². The number of aromatic nitrogens is 1. The Hall–Kier alpha value is -2.68. The Labute approximate surface area is 141 Å². The van der Waals surface area contributed by atoms with Crippen molar-refractivity contribution in [2.24, 2.45) is 0 Å². The average molecular weight is 321 g/mol. The molecule has 0 aliphatic carbocycles. The smallest absolute Gasteiger partial charge is 0.134 e. The molecule has 0 unspecified atom stereocenters. The highest BCUT2D eigenvalue weighted by molar-refractivity contribution is 5.81. The second-order valence-electron chi connectivity index (χ2n) is 6.24. The molecule has 0 saturated carbocycles. The van der Waals surface area contributed by atoms with Gasteiger partial charge in [-0.1, -0.05) is 44.2 Å². The zero-order valence-corrected chi connectivity index (χ0v) is 14.0. The molecule has 1 aromatic heterocycles. The van der Waals surface area contributed by atoms with E-state index in [1.165, 1.54) is 23.8 Å². The van der Waals surface area contributed by atoms with Crippen LogP contribution in [0, 0.1) is 12.7 Å². The largest absolute Gasteiger partial charge is 0.507 e. The van der Waals surface area contributed by atoms with Gasteiger partial charge in [0.1, 0.15) is 11.6 Å². The standard InChI is InChI=1S/C21H20FNO/c1-13(2)15-7-4-5-8-16(15)17-11-23-12-18(14(17)3)21-19(22)9-6-10-20(21)24/h4-13,24H,1-3H3. The van der Waals surface area contributed by atoms with Crippen molar-refractivity contribution in [2.75, 3.05) is 0 Å². The Bertz CT molecular complexity index is 867. The van der Waals surface area contributed by atoms with Gasteiger partial charge in [0, 0.05) is 23.5 Å². The second-order valence-corrected chi connectivity index (χ2v) is 6.24. The monoisotopic (exact) mass is 321 g/mol. The molecule has 0 aliphatic heterocycles. The molecule has 0 radical (unpaired) electrons. The number of benzene rings is 2. The second kappa shape index (κ2) is 6.44. The summed E-state index contributed by atoms with van der Waals surface area (Å²) in [5.41, 5.74) is 4.98. The molecule has 3 rings (SSSR count). The highest BCUT2D eigenvalue weighted by Gasteiger charge is 2.17. The molecule has 2 nitrogen and oxygen atoms in total. The number of hydrogen-bond acceptors (Lipinski definition) is 2. The van der Waals surface area contributed by atoms with Gasteiger partial charge >= 0.3 is 0 Å². The summed E-state index contributed by atoms with van der Waals surface area (Å²) in [5.74, 6) is -0.158. The van der Waals surface area contributed by atoms with Crippen molar-refractivity contribution < 1.29 is 9.50 Å². The van der Waals surface area contributed by atoms with E-state index < -0.39 is 5.82 Å². The number of hydrogen-bond donors (Lipinski definition) is 1. The van der Waals surface area contributed by atoms with E-state index in [-0.39, 0.29) is 11.3 Å². The van der Waals surface area contributed by atoms with E-state index in [9.17, 15) is 9.50 Å². The summed E-state index contributed by atoms with van der Waals surface area (Å²) in [6.07, 6.45) is 3.41. The molecule has 1 heterocycles. The minimum atomic E-state index is -0.450. The van der Waals surface area contributed by atoms with E-state index >= 15 is 0 Å². The van der Waals surface area contributed by atoms with E-state index in [4.69, 9.17) is 0 Å². The van der Waals surface area contributed by atoms with E-state index in [1.807, 2.05) is 19.1 Å². The van der Waals surface area contributed by atoms with E-state index in [0.717, 1.165) is 16.7 Å². The van der Waals surface area contributed by atoms with Gasteiger partial charge in [-0.2, -0.15) is 0 Å². The first-order valence-electron chi connectivity index (χ1n) is 8.02. The molecule has 3 aromatic rings. The number of aromatic hydroxyl groups is 1. The van der Waals surface area contributed by atoms with E-state index in [2.05, 4.69) is 31.0 Å². The van der Waals surface area contributed by atoms with Crippen LogP contribution in [0.5, 0.6) is 5.75 Å². The van der Waals surface area contributed by atoms with E-state index in [0.29, 0.717) is 11.5 Å². The highest BCUT2D eigenvalue weighted by atomic mass is 19.1. The molecule has 0 amide bonds. The zero-order valence-electron chi connectivity index (χ0n) is 14.0. The number of phenols is 1. The van der Waals surface area contributed by atoms with Crippen molar-refractivity contribution in [2.45, 2.75) is 26.7 Å². The van der Waals surface area contributed by atoms with Crippen molar-refractivity contribution in [3.63, 3.8) is 0 Å². The van der Waals surface area contributed by atoms with Crippen LogP contribution < -0.4 is 0 Å². The Balaban J connectivity index is 2.25. The molecule has 0 spiro atoms. The third-order valence-corrected chi connectivity index (χ3v) is 4.35. The van der Waals surface area contributed by atoms with E-state index in [1.54, 1.807) is 12.4 Å². The fourth-order valence-corrected chi connectivity index (χ4v) is 3.07. The van der Waals surface area contributed by atoms with Crippen LogP contribution in [-0.2, 0) is 0 Å². The predicted octanol–water partition coefficient (Wildman–Crippen LogP) is 5.69. The van der Waals surface area contributed by atoms with Gasteiger partial charge in [-0.25, -0.2) is 4.39 Å². The van der Waals surface area contributed by atoms with Crippen LogP contribution in [0.3, 0.4) is 0 Å². The number of pyridine rings is 1. The Morgan fingerprint density at radius 1 is 0.917 bits per heavy atom. The number of rotatable bonds is 3. The lowest BCUT2D eigenvalue weighted by atomic mass is 9.89. The van der Waals surface area contributed by atoms with Crippen LogP contribution in [0.2, 0.25) is 0 Å². The number of halogens is 1. The first-order chi connectivity index (χ1) is 11.5. The maximum atomic E-state index is 14.3.